The molecule has 0 aliphatic heterocycles. The smallest absolute Gasteiger partial charge is 0.360 e. The van der Waals surface area contributed by atoms with Crippen LogP contribution in [-0.2, 0) is 24.0 Å². The number of pyridine rings is 2. The molecule has 1 aliphatic rings. The Balaban J connectivity index is 1.40. The molecule has 156 valence electrons. The van der Waals surface area contributed by atoms with Gasteiger partial charge in [-0.25, -0.2) is 9.78 Å². The van der Waals surface area contributed by atoms with Gasteiger partial charge < -0.3 is 15.2 Å². The van der Waals surface area contributed by atoms with E-state index in [1.807, 2.05) is 6.07 Å². The predicted octanol–water partition coefficient (Wildman–Crippen LogP) is 4.44. The Morgan fingerprint density at radius 1 is 1.10 bits per heavy atom. The largest absolute Gasteiger partial charge is 0.505 e. The van der Waals surface area contributed by atoms with E-state index in [9.17, 15) is 9.90 Å². The third-order valence-corrected chi connectivity index (χ3v) is 5.64. The van der Waals surface area contributed by atoms with Crippen LogP contribution in [0, 0.1) is 0 Å². The highest BCUT2D eigenvalue weighted by atomic mass is 16.5. The zero-order chi connectivity index (χ0) is 20.9. The summed E-state index contributed by atoms with van der Waals surface area (Å²) in [6, 6.07) is 11.6. The van der Waals surface area contributed by atoms with Crippen molar-refractivity contribution >= 4 is 22.6 Å². The summed E-state index contributed by atoms with van der Waals surface area (Å²) in [6.45, 7) is 0.863. The average Bonchev–Trinajstić information content (AvgIpc) is 2.78. The van der Waals surface area contributed by atoms with Crippen molar-refractivity contribution in [2.45, 2.75) is 44.9 Å². The van der Waals surface area contributed by atoms with Gasteiger partial charge in [0.2, 0.25) is 0 Å². The van der Waals surface area contributed by atoms with Gasteiger partial charge in [0.1, 0.15) is 5.75 Å². The summed E-state index contributed by atoms with van der Waals surface area (Å²) in [5.74, 6) is -0.771. The fourth-order valence-corrected chi connectivity index (χ4v) is 4.10. The van der Waals surface area contributed by atoms with E-state index in [1.54, 1.807) is 6.07 Å². The molecule has 0 unspecified atom stereocenters. The van der Waals surface area contributed by atoms with Crippen molar-refractivity contribution in [3.63, 3.8) is 0 Å². The summed E-state index contributed by atoms with van der Waals surface area (Å²) in [5.41, 5.74) is 5.67. The van der Waals surface area contributed by atoms with Crippen LogP contribution in [0.3, 0.4) is 0 Å². The molecule has 30 heavy (non-hydrogen) atoms. The molecule has 0 bridgehead atoms. The van der Waals surface area contributed by atoms with Gasteiger partial charge in [-0.1, -0.05) is 18.2 Å². The molecule has 0 amide bonds. The Hall–Kier alpha value is -3.15. The van der Waals surface area contributed by atoms with Crippen molar-refractivity contribution in [1.82, 2.24) is 9.97 Å². The number of aromatic hydroxyl groups is 1. The maximum absolute atomic E-state index is 11.7. The number of nitrogens with zero attached hydrogens (tertiary/aromatic N) is 2. The van der Waals surface area contributed by atoms with Gasteiger partial charge in [-0.05, 0) is 68.7 Å². The number of benzene rings is 1. The maximum atomic E-state index is 11.7. The quantitative estimate of drug-likeness (QED) is 0.447. The molecule has 2 heterocycles. The Morgan fingerprint density at radius 2 is 1.93 bits per heavy atom. The molecule has 6 heteroatoms. The molecule has 2 N–H and O–H groups in total. The van der Waals surface area contributed by atoms with Crippen molar-refractivity contribution in [3.8, 4) is 5.75 Å². The van der Waals surface area contributed by atoms with E-state index >= 15 is 0 Å². The third-order valence-electron chi connectivity index (χ3n) is 5.64. The second-order valence-electron chi connectivity index (χ2n) is 7.68. The SMILES string of the molecule is COC(=O)c1nc(CCCCNc2c3c(nc4ccccc24)CCCC3)ccc1O. The van der Waals surface area contributed by atoms with E-state index < -0.39 is 5.97 Å². The minimum atomic E-state index is -0.620. The molecule has 2 aromatic heterocycles. The number of hydrogen-bond donors (Lipinski definition) is 2. The van der Waals surface area contributed by atoms with Gasteiger partial charge in [-0.15, -0.1) is 0 Å². The Labute approximate surface area is 176 Å². The number of methoxy groups -OCH3 is 1. The summed E-state index contributed by atoms with van der Waals surface area (Å²) in [6.07, 6.45) is 7.22. The topological polar surface area (TPSA) is 84.3 Å². The normalized spacial score (nSPS) is 13.1. The average molecular weight is 405 g/mol. The number of esters is 1. The van der Waals surface area contributed by atoms with Crippen molar-refractivity contribution in [2.75, 3.05) is 19.0 Å². The molecule has 0 radical (unpaired) electrons. The summed E-state index contributed by atoms with van der Waals surface area (Å²) >= 11 is 0. The summed E-state index contributed by atoms with van der Waals surface area (Å²) in [7, 11) is 1.28. The first-order chi connectivity index (χ1) is 14.7. The monoisotopic (exact) mass is 405 g/mol. The van der Waals surface area contributed by atoms with E-state index in [0.717, 1.165) is 49.9 Å². The number of rotatable bonds is 7. The summed E-state index contributed by atoms with van der Waals surface area (Å²) in [4.78, 5) is 20.8. The lowest BCUT2D eigenvalue weighted by Crippen LogP contribution is -2.12. The van der Waals surface area contributed by atoms with Crippen LogP contribution in [0.5, 0.6) is 5.75 Å². The van der Waals surface area contributed by atoms with Crippen LogP contribution in [0.25, 0.3) is 10.9 Å². The van der Waals surface area contributed by atoms with E-state index in [0.29, 0.717) is 0 Å². The van der Waals surface area contributed by atoms with Gasteiger partial charge >= 0.3 is 5.97 Å². The molecule has 4 rings (SSSR count). The second kappa shape index (κ2) is 9.11. The van der Waals surface area contributed by atoms with Crippen molar-refractivity contribution in [3.05, 3.63) is 59.0 Å². The van der Waals surface area contributed by atoms with Crippen molar-refractivity contribution in [2.24, 2.45) is 0 Å². The number of hydrogen-bond acceptors (Lipinski definition) is 6. The number of aryl methyl sites for hydroxylation is 2. The number of anilines is 1. The molecule has 1 aliphatic carbocycles. The molecule has 3 aromatic rings. The fourth-order valence-electron chi connectivity index (χ4n) is 4.10. The van der Waals surface area contributed by atoms with Crippen LogP contribution in [0.1, 0.15) is 53.1 Å². The number of fused-ring (bicyclic) bond motifs is 2. The van der Waals surface area contributed by atoms with Crippen molar-refractivity contribution in [1.29, 1.82) is 0 Å². The Morgan fingerprint density at radius 3 is 2.80 bits per heavy atom. The molecular weight excluding hydrogens is 378 g/mol. The third kappa shape index (κ3) is 4.22. The first-order valence-corrected chi connectivity index (χ1v) is 10.6. The fraction of sp³-hybridized carbons (Fsp3) is 0.375. The van der Waals surface area contributed by atoms with Gasteiger partial charge in [0, 0.05) is 29.0 Å². The van der Waals surface area contributed by atoms with Gasteiger partial charge in [0.05, 0.1) is 12.6 Å². The van der Waals surface area contributed by atoms with Gasteiger partial charge in [-0.3, -0.25) is 4.98 Å². The standard InChI is InChI=1S/C24H27N3O3/c1-30-24(29)23-21(28)14-13-16(26-23)8-6-7-15-25-22-17-9-2-4-11-19(17)27-20-12-5-3-10-18(20)22/h2,4,9,11,13-14,28H,3,5-8,10,12,15H2,1H3,(H,25,27). The van der Waals surface area contributed by atoms with Crippen LogP contribution in [0.2, 0.25) is 0 Å². The lowest BCUT2D eigenvalue weighted by Gasteiger charge is -2.21. The zero-order valence-corrected chi connectivity index (χ0v) is 17.3. The summed E-state index contributed by atoms with van der Waals surface area (Å²) < 4.78 is 4.67. The van der Waals surface area contributed by atoms with Gasteiger partial charge in [0.15, 0.2) is 5.69 Å². The number of carbonyl (C=O) groups excluding carboxylic acids is 1. The number of aromatic nitrogens is 2. The maximum Gasteiger partial charge on any atom is 0.360 e. The minimum absolute atomic E-state index is 0.0250. The van der Waals surface area contributed by atoms with Crippen molar-refractivity contribution < 1.29 is 14.6 Å². The van der Waals surface area contributed by atoms with Crippen LogP contribution < -0.4 is 5.32 Å². The summed E-state index contributed by atoms with van der Waals surface area (Å²) in [5, 5.41) is 14.6. The first kappa shape index (κ1) is 20.1. The molecule has 6 nitrogen and oxygen atoms in total. The van der Waals surface area contributed by atoms with E-state index in [2.05, 4.69) is 33.2 Å². The molecule has 0 atom stereocenters. The molecule has 0 fully saturated rings. The van der Waals surface area contributed by atoms with E-state index in [4.69, 9.17) is 4.98 Å². The molecular formula is C24H27N3O3. The number of nitrogens with one attached hydrogen (secondary N) is 1. The molecule has 1 aromatic carbocycles. The number of para-hydroxylation sites is 1. The molecule has 0 spiro atoms. The van der Waals surface area contributed by atoms with E-state index in [1.165, 1.54) is 48.3 Å². The number of ether oxygens (including phenoxy) is 1. The van der Waals surface area contributed by atoms with Crippen LogP contribution in [0.4, 0.5) is 5.69 Å². The Kier molecular flexibility index (Phi) is 6.12. The second-order valence-corrected chi connectivity index (χ2v) is 7.68. The Bertz CT molecular complexity index is 1060. The lowest BCUT2D eigenvalue weighted by molar-refractivity contribution is 0.0590. The highest BCUT2D eigenvalue weighted by Gasteiger charge is 2.18. The van der Waals surface area contributed by atoms with Crippen LogP contribution >= 0.6 is 0 Å². The van der Waals surface area contributed by atoms with Gasteiger partial charge in [0.25, 0.3) is 0 Å². The van der Waals surface area contributed by atoms with Crippen LogP contribution in [0.15, 0.2) is 36.4 Å². The highest BCUT2D eigenvalue weighted by Crippen LogP contribution is 2.33. The predicted molar refractivity (Wildman–Crippen MR) is 117 cm³/mol. The van der Waals surface area contributed by atoms with E-state index in [-0.39, 0.29) is 11.4 Å². The first-order valence-electron chi connectivity index (χ1n) is 10.6. The molecule has 0 saturated heterocycles. The number of unbranched alkanes of at least 4 members (excludes halogenated alkanes) is 1. The lowest BCUT2D eigenvalue weighted by atomic mass is 9.92. The highest BCUT2D eigenvalue weighted by molar-refractivity contribution is 5.93. The molecule has 0 saturated carbocycles. The number of carbonyl (C=O) groups is 1. The van der Waals surface area contributed by atoms with Gasteiger partial charge in [-0.2, -0.15) is 0 Å². The minimum Gasteiger partial charge on any atom is -0.505 e. The zero-order valence-electron chi connectivity index (χ0n) is 17.3. The van der Waals surface area contributed by atoms with Crippen LogP contribution in [-0.4, -0.2) is 34.7 Å².